The maximum absolute atomic E-state index is 12.2. The van der Waals surface area contributed by atoms with Gasteiger partial charge in [0.25, 0.3) is 0 Å². The Kier molecular flexibility index (Phi) is 5.63. The first kappa shape index (κ1) is 18.1. The molecule has 3 aromatic rings. The lowest BCUT2D eigenvalue weighted by Gasteiger charge is -2.09. The predicted molar refractivity (Wildman–Crippen MR) is 100 cm³/mol. The number of nitrogens with zero attached hydrogens (tertiary/aromatic N) is 2. The molecule has 0 atom stereocenters. The zero-order valence-corrected chi connectivity index (χ0v) is 14.7. The molecular formula is C19H16ClF2N3O. The highest BCUT2D eigenvalue weighted by atomic mass is 35.5. The number of aromatic nitrogens is 1. The number of benzene rings is 2. The first-order valence-corrected chi connectivity index (χ1v) is 8.36. The zero-order valence-electron chi connectivity index (χ0n) is 13.9. The van der Waals surface area contributed by atoms with Crippen LogP contribution in [0.4, 0.5) is 14.5 Å². The van der Waals surface area contributed by atoms with Crippen molar-refractivity contribution in [1.29, 1.82) is 0 Å². The molecule has 4 nitrogen and oxygen atoms in total. The molecule has 134 valence electrons. The van der Waals surface area contributed by atoms with Crippen molar-refractivity contribution in [1.82, 2.24) is 4.98 Å². The van der Waals surface area contributed by atoms with Gasteiger partial charge in [0.05, 0.1) is 16.9 Å². The molecule has 2 aromatic carbocycles. The van der Waals surface area contributed by atoms with Gasteiger partial charge in [0, 0.05) is 16.6 Å². The third kappa shape index (κ3) is 4.26. The topological polar surface area (TPSA) is 46.5 Å². The Balaban J connectivity index is 1.84. The lowest BCUT2D eigenvalue weighted by atomic mass is 10.1. The van der Waals surface area contributed by atoms with Crippen LogP contribution in [-0.2, 0) is 0 Å². The Labute approximate surface area is 154 Å². The standard InChI is InChI=1S/C19H16ClF2N3O/c1-2-16(12-3-6-14(7-4-12)26-19(21)22)24-25-17-9-10-23-18-11-13(20)5-8-15(17)18/h3-11,19H,2H2,1H3,(H,23,25). The molecule has 0 unspecified atom stereocenters. The van der Waals surface area contributed by atoms with Crippen LogP contribution in [0.3, 0.4) is 0 Å². The molecule has 0 radical (unpaired) electrons. The van der Waals surface area contributed by atoms with Gasteiger partial charge in [-0.1, -0.05) is 18.5 Å². The van der Waals surface area contributed by atoms with E-state index in [0.717, 1.165) is 27.9 Å². The molecule has 0 aliphatic heterocycles. The molecule has 3 rings (SSSR count). The van der Waals surface area contributed by atoms with Crippen molar-refractivity contribution in [3.63, 3.8) is 0 Å². The first-order valence-electron chi connectivity index (χ1n) is 7.99. The van der Waals surface area contributed by atoms with Crippen LogP contribution >= 0.6 is 11.6 Å². The van der Waals surface area contributed by atoms with Gasteiger partial charge in [-0.15, -0.1) is 0 Å². The van der Waals surface area contributed by atoms with Crippen LogP contribution < -0.4 is 10.2 Å². The van der Waals surface area contributed by atoms with Gasteiger partial charge in [-0.3, -0.25) is 10.4 Å². The monoisotopic (exact) mass is 375 g/mol. The lowest BCUT2D eigenvalue weighted by Crippen LogP contribution is -2.05. The number of hydrazone groups is 1. The lowest BCUT2D eigenvalue weighted by molar-refractivity contribution is -0.0498. The van der Waals surface area contributed by atoms with Crippen LogP contribution in [0, 0.1) is 0 Å². The van der Waals surface area contributed by atoms with Gasteiger partial charge in [0.15, 0.2) is 0 Å². The second-order valence-electron chi connectivity index (χ2n) is 5.45. The van der Waals surface area contributed by atoms with Gasteiger partial charge in [0.1, 0.15) is 5.75 Å². The van der Waals surface area contributed by atoms with Crippen molar-refractivity contribution in [3.05, 3.63) is 65.3 Å². The number of ether oxygens (including phenoxy) is 1. The number of halogens is 3. The minimum Gasteiger partial charge on any atom is -0.435 e. The van der Waals surface area contributed by atoms with E-state index in [-0.39, 0.29) is 5.75 Å². The highest BCUT2D eigenvalue weighted by Crippen LogP contribution is 2.24. The summed E-state index contributed by atoms with van der Waals surface area (Å²) in [6, 6.07) is 13.7. The van der Waals surface area contributed by atoms with Gasteiger partial charge in [-0.2, -0.15) is 13.9 Å². The molecule has 0 saturated heterocycles. The quantitative estimate of drug-likeness (QED) is 0.443. The smallest absolute Gasteiger partial charge is 0.387 e. The summed E-state index contributed by atoms with van der Waals surface area (Å²) in [5, 5.41) is 5.98. The van der Waals surface area contributed by atoms with Gasteiger partial charge >= 0.3 is 6.61 Å². The van der Waals surface area contributed by atoms with Crippen LogP contribution in [-0.4, -0.2) is 17.3 Å². The zero-order chi connectivity index (χ0) is 18.5. The molecule has 0 aliphatic rings. The Morgan fingerprint density at radius 1 is 1.19 bits per heavy atom. The number of pyridine rings is 1. The molecule has 7 heteroatoms. The summed E-state index contributed by atoms with van der Waals surface area (Å²) in [4.78, 5) is 4.29. The van der Waals surface area contributed by atoms with E-state index in [2.05, 4.69) is 20.2 Å². The fraction of sp³-hybridized carbons (Fsp3) is 0.158. The van der Waals surface area contributed by atoms with Crippen LogP contribution in [0.2, 0.25) is 5.02 Å². The molecule has 0 spiro atoms. The van der Waals surface area contributed by atoms with E-state index >= 15 is 0 Å². The van der Waals surface area contributed by atoms with Gasteiger partial charge < -0.3 is 4.74 Å². The summed E-state index contributed by atoms with van der Waals surface area (Å²) >= 11 is 6.00. The van der Waals surface area contributed by atoms with Crippen LogP contribution in [0.25, 0.3) is 10.9 Å². The van der Waals surface area contributed by atoms with Gasteiger partial charge in [-0.05, 0) is 60.5 Å². The highest BCUT2D eigenvalue weighted by Gasteiger charge is 2.07. The average Bonchev–Trinajstić information content (AvgIpc) is 2.62. The third-order valence-electron chi connectivity index (χ3n) is 3.76. The van der Waals surface area contributed by atoms with Crippen LogP contribution in [0.15, 0.2) is 59.8 Å². The number of fused-ring (bicyclic) bond motifs is 1. The Morgan fingerprint density at radius 3 is 2.65 bits per heavy atom. The number of anilines is 1. The van der Waals surface area contributed by atoms with E-state index in [1.165, 1.54) is 12.1 Å². The van der Waals surface area contributed by atoms with Crippen molar-refractivity contribution in [3.8, 4) is 5.75 Å². The summed E-state index contributed by atoms with van der Waals surface area (Å²) < 4.78 is 28.8. The SMILES string of the molecule is CCC(=NNc1ccnc2cc(Cl)ccc12)c1ccc(OC(F)F)cc1. The Morgan fingerprint density at radius 2 is 1.96 bits per heavy atom. The number of nitrogens with one attached hydrogen (secondary N) is 1. The Hall–Kier alpha value is -2.73. The van der Waals surface area contributed by atoms with Crippen LogP contribution in [0.1, 0.15) is 18.9 Å². The molecule has 0 bridgehead atoms. The molecule has 1 N–H and O–H groups in total. The van der Waals surface area contributed by atoms with Gasteiger partial charge in [0.2, 0.25) is 0 Å². The summed E-state index contributed by atoms with van der Waals surface area (Å²) in [6.07, 6.45) is 2.34. The number of hydrogen-bond donors (Lipinski definition) is 1. The largest absolute Gasteiger partial charge is 0.435 e. The average molecular weight is 376 g/mol. The summed E-state index contributed by atoms with van der Waals surface area (Å²) in [6.45, 7) is -0.871. The van der Waals surface area contributed by atoms with E-state index < -0.39 is 6.61 Å². The third-order valence-corrected chi connectivity index (χ3v) is 4.00. The van der Waals surface area contributed by atoms with Crippen LogP contribution in [0.5, 0.6) is 5.75 Å². The fourth-order valence-electron chi connectivity index (χ4n) is 2.52. The second-order valence-corrected chi connectivity index (χ2v) is 5.88. The summed E-state index contributed by atoms with van der Waals surface area (Å²) in [5.41, 5.74) is 6.23. The molecule has 1 aromatic heterocycles. The van der Waals surface area contributed by atoms with Crippen molar-refractivity contribution >= 4 is 33.9 Å². The maximum atomic E-state index is 12.2. The van der Waals surface area contributed by atoms with Crippen molar-refractivity contribution < 1.29 is 13.5 Å². The highest BCUT2D eigenvalue weighted by molar-refractivity contribution is 6.31. The Bertz CT molecular complexity index is 930. The van der Waals surface area contributed by atoms with E-state index in [4.69, 9.17) is 11.6 Å². The first-order chi connectivity index (χ1) is 12.6. The predicted octanol–water partition coefficient (Wildman–Crippen LogP) is 5.72. The number of hydrogen-bond acceptors (Lipinski definition) is 4. The molecule has 1 heterocycles. The molecule has 0 saturated carbocycles. The summed E-state index contributed by atoms with van der Waals surface area (Å²) in [5.74, 6) is 0.115. The normalized spacial score (nSPS) is 11.8. The molecule has 0 aliphatic carbocycles. The van der Waals surface area contributed by atoms with E-state index in [1.807, 2.05) is 19.1 Å². The fourth-order valence-corrected chi connectivity index (χ4v) is 2.69. The molecule has 0 fully saturated rings. The van der Waals surface area contributed by atoms with Crippen molar-refractivity contribution in [2.24, 2.45) is 5.10 Å². The van der Waals surface area contributed by atoms with Gasteiger partial charge in [-0.25, -0.2) is 0 Å². The number of alkyl halides is 2. The van der Waals surface area contributed by atoms with E-state index in [1.54, 1.807) is 30.5 Å². The maximum Gasteiger partial charge on any atom is 0.387 e. The van der Waals surface area contributed by atoms with E-state index in [0.29, 0.717) is 11.4 Å². The minimum atomic E-state index is -2.84. The number of rotatable bonds is 6. The van der Waals surface area contributed by atoms with E-state index in [9.17, 15) is 8.78 Å². The molecule has 26 heavy (non-hydrogen) atoms. The minimum absolute atomic E-state index is 0.115. The van der Waals surface area contributed by atoms with Crippen molar-refractivity contribution in [2.45, 2.75) is 20.0 Å². The summed E-state index contributed by atoms with van der Waals surface area (Å²) in [7, 11) is 0. The molecular weight excluding hydrogens is 360 g/mol. The molecule has 0 amide bonds. The second kappa shape index (κ2) is 8.10. The van der Waals surface area contributed by atoms with Crippen molar-refractivity contribution in [2.75, 3.05) is 5.43 Å².